The van der Waals surface area contributed by atoms with Gasteiger partial charge in [-0.15, -0.1) is 0 Å². The molecule has 114 valence electrons. The summed E-state index contributed by atoms with van der Waals surface area (Å²) in [6.07, 6.45) is -2.52. The highest BCUT2D eigenvalue weighted by Crippen LogP contribution is 2.25. The number of rotatable bonds is 7. The van der Waals surface area contributed by atoms with Crippen LogP contribution in [0.1, 0.15) is 5.56 Å². The summed E-state index contributed by atoms with van der Waals surface area (Å²) in [7, 11) is -3.88. The Morgan fingerprint density at radius 3 is 2.60 bits per heavy atom. The van der Waals surface area contributed by atoms with Crippen molar-refractivity contribution < 1.29 is 21.9 Å². The Morgan fingerprint density at radius 1 is 1.40 bits per heavy atom. The molecule has 9 heteroatoms. The van der Waals surface area contributed by atoms with Crippen LogP contribution in [0.5, 0.6) is 0 Å². The molecule has 0 saturated carbocycles. The maximum atomic E-state index is 11.8. The van der Waals surface area contributed by atoms with Crippen molar-refractivity contribution in [3.05, 3.63) is 17.7 Å². The molecule has 1 aromatic rings. The summed E-state index contributed by atoms with van der Waals surface area (Å²) in [5.74, 6) is 0. The van der Waals surface area contributed by atoms with E-state index in [0.717, 1.165) is 0 Å². The number of ether oxygens (including phenoxy) is 1. The fourth-order valence-corrected chi connectivity index (χ4v) is 2.46. The number of hydrogen-bond donors (Lipinski definition) is 3. The Hall–Kier alpha value is -1.45. The van der Waals surface area contributed by atoms with Crippen LogP contribution >= 0.6 is 0 Å². The molecule has 0 radical (unpaired) electrons. The molecule has 0 atom stereocenters. The number of benzene rings is 1. The standard InChI is InChI=1S/C11H17F2N3O3S/c1-7-9(16-2-3-19-6-11(12)13)4-8(14)5-10(7)20(15,17)18/h4-5,11,16H,2-3,6,14H2,1H3,(H2,15,17,18). The lowest BCUT2D eigenvalue weighted by atomic mass is 10.2. The van der Waals surface area contributed by atoms with Crippen LogP contribution < -0.4 is 16.2 Å². The van der Waals surface area contributed by atoms with Gasteiger partial charge in [0.2, 0.25) is 10.0 Å². The molecular weight excluding hydrogens is 292 g/mol. The minimum Gasteiger partial charge on any atom is -0.399 e. The summed E-state index contributed by atoms with van der Waals surface area (Å²) in [5.41, 5.74) is 6.72. The SMILES string of the molecule is Cc1c(NCCOCC(F)F)cc(N)cc1S(N)(=O)=O. The van der Waals surface area contributed by atoms with Crippen molar-refractivity contribution in [1.29, 1.82) is 0 Å². The minimum atomic E-state index is -3.88. The lowest BCUT2D eigenvalue weighted by Crippen LogP contribution is -2.17. The number of nitrogens with one attached hydrogen (secondary N) is 1. The average Bonchev–Trinajstić information content (AvgIpc) is 2.30. The Morgan fingerprint density at radius 2 is 2.05 bits per heavy atom. The Bertz CT molecular complexity index is 564. The maximum absolute atomic E-state index is 11.8. The second kappa shape index (κ2) is 6.82. The Labute approximate surface area is 116 Å². The molecule has 0 aliphatic rings. The highest BCUT2D eigenvalue weighted by Gasteiger charge is 2.15. The second-order valence-electron chi connectivity index (χ2n) is 4.13. The summed E-state index contributed by atoms with van der Waals surface area (Å²) in [6, 6.07) is 2.81. The molecule has 1 rings (SSSR count). The molecule has 0 aromatic heterocycles. The molecule has 0 aliphatic carbocycles. The van der Waals surface area contributed by atoms with Gasteiger partial charge in [0.25, 0.3) is 6.43 Å². The predicted molar refractivity (Wildman–Crippen MR) is 72.3 cm³/mol. The molecule has 20 heavy (non-hydrogen) atoms. The highest BCUT2D eigenvalue weighted by molar-refractivity contribution is 7.89. The van der Waals surface area contributed by atoms with Crippen LogP contribution in [0.15, 0.2) is 17.0 Å². The van der Waals surface area contributed by atoms with E-state index in [1.807, 2.05) is 0 Å². The summed E-state index contributed by atoms with van der Waals surface area (Å²) in [5, 5.41) is 7.96. The van der Waals surface area contributed by atoms with Gasteiger partial charge in [-0.05, 0) is 24.6 Å². The van der Waals surface area contributed by atoms with Gasteiger partial charge >= 0.3 is 0 Å². The largest absolute Gasteiger partial charge is 0.399 e. The first kappa shape index (κ1) is 16.6. The number of alkyl halides is 2. The van der Waals surface area contributed by atoms with Crippen molar-refractivity contribution in [2.75, 3.05) is 30.8 Å². The lowest BCUT2D eigenvalue weighted by molar-refractivity contribution is 0.0215. The van der Waals surface area contributed by atoms with Crippen LogP contribution in [0.4, 0.5) is 20.2 Å². The van der Waals surface area contributed by atoms with Gasteiger partial charge in [0.1, 0.15) is 6.61 Å². The zero-order valence-electron chi connectivity index (χ0n) is 10.9. The van der Waals surface area contributed by atoms with Gasteiger partial charge in [0, 0.05) is 17.9 Å². The van der Waals surface area contributed by atoms with E-state index in [9.17, 15) is 17.2 Å². The van der Waals surface area contributed by atoms with E-state index >= 15 is 0 Å². The van der Waals surface area contributed by atoms with Crippen LogP contribution in [-0.2, 0) is 14.8 Å². The molecular formula is C11H17F2N3O3S. The monoisotopic (exact) mass is 309 g/mol. The summed E-state index contributed by atoms with van der Waals surface area (Å²) >= 11 is 0. The number of anilines is 2. The molecule has 0 bridgehead atoms. The fraction of sp³-hybridized carbons (Fsp3) is 0.455. The fourth-order valence-electron chi connectivity index (χ4n) is 1.62. The first-order valence-corrected chi connectivity index (χ1v) is 7.29. The molecule has 0 heterocycles. The van der Waals surface area contributed by atoms with E-state index in [4.69, 9.17) is 15.6 Å². The van der Waals surface area contributed by atoms with Gasteiger partial charge in [0.05, 0.1) is 11.5 Å². The second-order valence-corrected chi connectivity index (χ2v) is 5.66. The summed E-state index contributed by atoms with van der Waals surface area (Å²) < 4.78 is 51.2. The van der Waals surface area contributed by atoms with Crippen molar-refractivity contribution in [2.45, 2.75) is 18.2 Å². The highest BCUT2D eigenvalue weighted by atomic mass is 32.2. The third-order valence-corrected chi connectivity index (χ3v) is 3.53. The third-order valence-electron chi connectivity index (χ3n) is 2.49. The van der Waals surface area contributed by atoms with Crippen molar-refractivity contribution in [2.24, 2.45) is 5.14 Å². The predicted octanol–water partition coefficient (Wildman–Crippen LogP) is 0.918. The van der Waals surface area contributed by atoms with Crippen LogP contribution in [0, 0.1) is 6.92 Å². The van der Waals surface area contributed by atoms with Crippen LogP contribution in [0.25, 0.3) is 0 Å². The number of hydrogen-bond acceptors (Lipinski definition) is 5. The number of nitrogen functional groups attached to an aromatic ring is 1. The topological polar surface area (TPSA) is 107 Å². The number of nitrogens with two attached hydrogens (primary N) is 2. The van der Waals surface area contributed by atoms with Crippen molar-refractivity contribution in [1.82, 2.24) is 0 Å². The molecule has 0 saturated heterocycles. The Kier molecular flexibility index (Phi) is 5.66. The van der Waals surface area contributed by atoms with Crippen LogP contribution in [-0.4, -0.2) is 34.6 Å². The maximum Gasteiger partial charge on any atom is 0.261 e. The molecule has 0 unspecified atom stereocenters. The summed E-state index contributed by atoms with van der Waals surface area (Å²) in [4.78, 5) is -0.0755. The van der Waals surface area contributed by atoms with Crippen LogP contribution in [0.3, 0.4) is 0 Å². The van der Waals surface area contributed by atoms with E-state index in [2.05, 4.69) is 5.32 Å². The van der Waals surface area contributed by atoms with Crippen molar-refractivity contribution >= 4 is 21.4 Å². The number of sulfonamides is 1. The zero-order chi connectivity index (χ0) is 15.3. The van der Waals surface area contributed by atoms with Gasteiger partial charge in [-0.2, -0.15) is 0 Å². The van der Waals surface area contributed by atoms with Gasteiger partial charge in [0.15, 0.2) is 0 Å². The van der Waals surface area contributed by atoms with E-state index in [1.165, 1.54) is 12.1 Å². The van der Waals surface area contributed by atoms with E-state index in [-0.39, 0.29) is 23.7 Å². The molecule has 0 spiro atoms. The average molecular weight is 309 g/mol. The quantitative estimate of drug-likeness (QED) is 0.513. The van der Waals surface area contributed by atoms with Gasteiger partial charge in [-0.1, -0.05) is 0 Å². The molecule has 0 aliphatic heterocycles. The normalized spacial score (nSPS) is 11.8. The minimum absolute atomic E-state index is 0.0588. The van der Waals surface area contributed by atoms with E-state index in [1.54, 1.807) is 6.92 Å². The van der Waals surface area contributed by atoms with Gasteiger partial charge < -0.3 is 15.8 Å². The zero-order valence-corrected chi connectivity index (χ0v) is 11.7. The van der Waals surface area contributed by atoms with Crippen LogP contribution in [0.2, 0.25) is 0 Å². The molecule has 1 aromatic carbocycles. The van der Waals surface area contributed by atoms with E-state index < -0.39 is 23.1 Å². The Balaban J connectivity index is 2.74. The van der Waals surface area contributed by atoms with E-state index in [0.29, 0.717) is 11.3 Å². The number of halogens is 2. The molecule has 5 N–H and O–H groups in total. The third kappa shape index (κ3) is 4.91. The molecule has 6 nitrogen and oxygen atoms in total. The number of primary sulfonamides is 1. The van der Waals surface area contributed by atoms with Gasteiger partial charge in [-0.3, -0.25) is 0 Å². The van der Waals surface area contributed by atoms with Crippen molar-refractivity contribution in [3.63, 3.8) is 0 Å². The lowest BCUT2D eigenvalue weighted by Gasteiger charge is -2.13. The van der Waals surface area contributed by atoms with Gasteiger partial charge in [-0.25, -0.2) is 22.3 Å². The smallest absolute Gasteiger partial charge is 0.261 e. The summed E-state index contributed by atoms with van der Waals surface area (Å²) in [6.45, 7) is 1.23. The molecule has 0 amide bonds. The first-order valence-electron chi connectivity index (χ1n) is 5.74. The first-order chi connectivity index (χ1) is 9.21. The van der Waals surface area contributed by atoms with Crippen molar-refractivity contribution in [3.8, 4) is 0 Å². The molecule has 0 fully saturated rings.